The fourth-order valence-corrected chi connectivity index (χ4v) is 1.83. The van der Waals surface area contributed by atoms with Gasteiger partial charge in [-0.2, -0.15) is 0 Å². The van der Waals surface area contributed by atoms with Crippen molar-refractivity contribution in [2.45, 2.75) is 0 Å². The first-order chi connectivity index (χ1) is 6.18. The van der Waals surface area contributed by atoms with Gasteiger partial charge in [-0.3, -0.25) is 9.20 Å². The fraction of sp³-hybridized carbons (Fsp3) is 0. The van der Waals surface area contributed by atoms with Gasteiger partial charge in [-0.15, -0.1) is 0 Å². The van der Waals surface area contributed by atoms with Gasteiger partial charge in [0.1, 0.15) is 5.15 Å². The van der Waals surface area contributed by atoms with Gasteiger partial charge < -0.3 is 0 Å². The first-order valence-electron chi connectivity index (χ1n) is 3.52. The van der Waals surface area contributed by atoms with Crippen molar-refractivity contribution >= 4 is 39.8 Å². The highest BCUT2D eigenvalue weighted by Crippen LogP contribution is 2.11. The van der Waals surface area contributed by atoms with Crippen molar-refractivity contribution in [3.05, 3.63) is 43.5 Å². The number of hydrogen-bond acceptors (Lipinski definition) is 2. The molecule has 0 saturated heterocycles. The summed E-state index contributed by atoms with van der Waals surface area (Å²) in [5.41, 5.74) is 0.439. The minimum Gasteiger partial charge on any atom is -0.269 e. The van der Waals surface area contributed by atoms with Crippen LogP contribution in [0.15, 0.2) is 29.2 Å². The van der Waals surface area contributed by atoms with Crippen molar-refractivity contribution in [2.75, 3.05) is 0 Å². The second-order valence-corrected chi connectivity index (χ2v) is 4.02. The Kier molecular flexibility index (Phi) is 2.25. The van der Waals surface area contributed by atoms with Crippen LogP contribution in [0, 0.1) is 3.57 Å². The van der Waals surface area contributed by atoms with Crippen LogP contribution >= 0.6 is 34.2 Å². The molecule has 0 aliphatic carbocycles. The Bertz CT molecular complexity index is 523. The summed E-state index contributed by atoms with van der Waals surface area (Å²) < 4.78 is 2.37. The molecule has 0 radical (unpaired) electrons. The van der Waals surface area contributed by atoms with Crippen LogP contribution in [0.3, 0.4) is 0 Å². The van der Waals surface area contributed by atoms with Crippen molar-refractivity contribution in [3.63, 3.8) is 0 Å². The van der Waals surface area contributed by atoms with Crippen LogP contribution in [-0.2, 0) is 0 Å². The first kappa shape index (κ1) is 8.96. The molecule has 0 atom stereocenters. The Morgan fingerprint density at radius 2 is 2.31 bits per heavy atom. The number of fused-ring (bicyclic) bond motifs is 1. The summed E-state index contributed by atoms with van der Waals surface area (Å²) >= 11 is 7.78. The van der Waals surface area contributed by atoms with Crippen LogP contribution in [0.2, 0.25) is 5.15 Å². The van der Waals surface area contributed by atoms with Crippen LogP contribution in [0.5, 0.6) is 0 Å². The minimum atomic E-state index is -0.159. The maximum absolute atomic E-state index is 11.4. The van der Waals surface area contributed by atoms with E-state index in [4.69, 9.17) is 11.6 Å². The molecule has 0 unspecified atom stereocenters. The Balaban J connectivity index is 3.03. The van der Waals surface area contributed by atoms with Crippen LogP contribution in [-0.4, -0.2) is 9.38 Å². The summed E-state index contributed by atoms with van der Waals surface area (Å²) in [7, 11) is 0. The molecule has 0 aromatic carbocycles. The standard InChI is InChI=1S/C8H4ClIN2O/c9-6-4-7(13)12-3-1-2-5(10)8(12)11-6/h1-4H. The lowest BCUT2D eigenvalue weighted by molar-refractivity contribution is 1.04. The lowest BCUT2D eigenvalue weighted by atomic mass is 10.4. The van der Waals surface area contributed by atoms with Gasteiger partial charge in [-0.25, -0.2) is 4.98 Å². The van der Waals surface area contributed by atoms with Gasteiger partial charge >= 0.3 is 0 Å². The van der Waals surface area contributed by atoms with E-state index in [2.05, 4.69) is 27.6 Å². The maximum Gasteiger partial charge on any atom is 0.259 e. The van der Waals surface area contributed by atoms with E-state index in [9.17, 15) is 4.79 Å². The third-order valence-corrected chi connectivity index (χ3v) is 2.65. The molecular weight excluding hydrogens is 302 g/mol. The minimum absolute atomic E-state index is 0.159. The van der Waals surface area contributed by atoms with Crippen LogP contribution in [0.1, 0.15) is 0 Å². The van der Waals surface area contributed by atoms with E-state index in [-0.39, 0.29) is 10.7 Å². The average Bonchev–Trinajstić information content (AvgIpc) is 2.07. The summed E-state index contributed by atoms with van der Waals surface area (Å²) in [5, 5.41) is 0.231. The molecule has 0 bridgehead atoms. The fourth-order valence-electron chi connectivity index (χ4n) is 1.06. The third kappa shape index (κ3) is 1.55. The van der Waals surface area contributed by atoms with E-state index in [1.54, 1.807) is 12.3 Å². The topological polar surface area (TPSA) is 34.4 Å². The molecule has 66 valence electrons. The summed E-state index contributed by atoms with van der Waals surface area (Å²) in [5.74, 6) is 0. The van der Waals surface area contributed by atoms with Crippen molar-refractivity contribution in [3.8, 4) is 0 Å². The van der Waals surface area contributed by atoms with E-state index in [1.807, 2.05) is 6.07 Å². The lowest BCUT2D eigenvalue weighted by Gasteiger charge is -2.00. The number of rotatable bonds is 0. The number of halogens is 2. The molecule has 2 aromatic heterocycles. The van der Waals surface area contributed by atoms with Gasteiger partial charge in [-0.05, 0) is 34.7 Å². The van der Waals surface area contributed by atoms with Gasteiger partial charge in [0.2, 0.25) is 0 Å². The molecule has 5 heteroatoms. The summed E-state index contributed by atoms with van der Waals surface area (Å²) in [6.07, 6.45) is 1.67. The highest BCUT2D eigenvalue weighted by Gasteiger charge is 2.02. The van der Waals surface area contributed by atoms with Crippen molar-refractivity contribution < 1.29 is 0 Å². The van der Waals surface area contributed by atoms with Gasteiger partial charge in [-0.1, -0.05) is 11.6 Å². The van der Waals surface area contributed by atoms with Crippen LogP contribution in [0.25, 0.3) is 5.65 Å². The molecule has 0 fully saturated rings. The van der Waals surface area contributed by atoms with Crippen molar-refractivity contribution in [1.29, 1.82) is 0 Å². The number of aromatic nitrogens is 2. The normalized spacial score (nSPS) is 10.6. The van der Waals surface area contributed by atoms with Gasteiger partial charge in [0.15, 0.2) is 5.65 Å². The van der Waals surface area contributed by atoms with E-state index in [0.717, 1.165) is 3.57 Å². The van der Waals surface area contributed by atoms with Gasteiger partial charge in [0.05, 0.1) is 3.57 Å². The molecular formula is C8H4ClIN2O. The third-order valence-electron chi connectivity index (χ3n) is 1.61. The zero-order valence-electron chi connectivity index (χ0n) is 6.37. The van der Waals surface area contributed by atoms with Crippen LogP contribution < -0.4 is 5.56 Å². The number of nitrogens with zero attached hydrogens (tertiary/aromatic N) is 2. The van der Waals surface area contributed by atoms with E-state index >= 15 is 0 Å². The molecule has 3 nitrogen and oxygen atoms in total. The Morgan fingerprint density at radius 1 is 1.54 bits per heavy atom. The summed E-state index contributed by atoms with van der Waals surface area (Å²) in [6, 6.07) is 4.97. The van der Waals surface area contributed by atoms with Gasteiger partial charge in [0, 0.05) is 12.3 Å². The Labute approximate surface area is 92.5 Å². The molecule has 2 aromatic rings. The summed E-state index contributed by atoms with van der Waals surface area (Å²) in [6.45, 7) is 0. The molecule has 2 rings (SSSR count). The quantitative estimate of drug-likeness (QED) is 0.551. The predicted octanol–water partition coefficient (Wildman–Crippen LogP) is 1.95. The average molecular weight is 306 g/mol. The maximum atomic E-state index is 11.4. The smallest absolute Gasteiger partial charge is 0.259 e. The van der Waals surface area contributed by atoms with Crippen LogP contribution in [0.4, 0.5) is 0 Å². The molecule has 0 N–H and O–H groups in total. The highest BCUT2D eigenvalue weighted by atomic mass is 127. The Hall–Kier alpha value is -0.620. The second-order valence-electron chi connectivity index (χ2n) is 2.47. The molecule has 0 spiro atoms. The summed E-state index contributed by atoms with van der Waals surface area (Å²) in [4.78, 5) is 15.4. The molecule has 0 amide bonds. The zero-order valence-corrected chi connectivity index (χ0v) is 9.28. The lowest BCUT2D eigenvalue weighted by Crippen LogP contribution is -2.13. The zero-order chi connectivity index (χ0) is 9.42. The highest BCUT2D eigenvalue weighted by molar-refractivity contribution is 14.1. The molecule has 0 saturated carbocycles. The number of pyridine rings is 1. The molecule has 0 aliphatic heterocycles. The SMILES string of the molecule is O=c1cc(Cl)nc2c(I)cccn12. The molecule has 2 heterocycles. The second kappa shape index (κ2) is 3.26. The molecule has 13 heavy (non-hydrogen) atoms. The number of hydrogen-bond donors (Lipinski definition) is 0. The predicted molar refractivity (Wildman–Crippen MR) is 59.2 cm³/mol. The largest absolute Gasteiger partial charge is 0.269 e. The van der Waals surface area contributed by atoms with Gasteiger partial charge in [0.25, 0.3) is 5.56 Å². The van der Waals surface area contributed by atoms with Crippen molar-refractivity contribution in [1.82, 2.24) is 9.38 Å². The Morgan fingerprint density at radius 3 is 3.08 bits per heavy atom. The monoisotopic (exact) mass is 306 g/mol. The van der Waals surface area contributed by atoms with E-state index in [0.29, 0.717) is 5.65 Å². The molecule has 0 aliphatic rings. The first-order valence-corrected chi connectivity index (χ1v) is 4.97. The van der Waals surface area contributed by atoms with E-state index in [1.165, 1.54) is 10.5 Å². The van der Waals surface area contributed by atoms with E-state index < -0.39 is 0 Å². The van der Waals surface area contributed by atoms with Crippen molar-refractivity contribution in [2.24, 2.45) is 0 Å².